The lowest BCUT2D eigenvalue weighted by Crippen LogP contribution is -2.36. The molecule has 1 aromatic heterocycles. The summed E-state index contributed by atoms with van der Waals surface area (Å²) in [5.41, 5.74) is 0.575. The van der Waals surface area contributed by atoms with Crippen LogP contribution in [0.2, 0.25) is 0 Å². The maximum atomic E-state index is 12.3. The van der Waals surface area contributed by atoms with Gasteiger partial charge in [-0.05, 0) is 28.4 Å². The van der Waals surface area contributed by atoms with Crippen LogP contribution in [0.25, 0.3) is 0 Å². The minimum atomic E-state index is -0.169. The lowest BCUT2D eigenvalue weighted by molar-refractivity contribution is 0.0674. The Kier molecular flexibility index (Phi) is 6.38. The molecule has 102 valence electrons. The minimum absolute atomic E-state index is 0.110. The first kappa shape index (κ1) is 15.2. The summed E-state index contributed by atoms with van der Waals surface area (Å²) < 4.78 is 2.74. The largest absolute Gasteiger partial charge is 0.395 e. The summed E-state index contributed by atoms with van der Waals surface area (Å²) in [6.07, 6.45) is 2.80. The molecule has 0 aliphatic carbocycles. The van der Waals surface area contributed by atoms with Crippen molar-refractivity contribution in [3.63, 3.8) is 0 Å². The molecule has 0 atom stereocenters. The van der Waals surface area contributed by atoms with Crippen molar-refractivity contribution in [2.24, 2.45) is 0 Å². The summed E-state index contributed by atoms with van der Waals surface area (Å²) in [5, 5.41) is 17.9. The summed E-state index contributed by atoms with van der Waals surface area (Å²) in [6.45, 7) is 3.05. The van der Waals surface area contributed by atoms with Crippen molar-refractivity contribution in [1.29, 1.82) is 0 Å². The molecule has 1 heterocycles. The van der Waals surface area contributed by atoms with E-state index in [1.54, 1.807) is 6.07 Å². The number of rotatable bonds is 7. The number of carbonyl (C=O) groups is 1. The molecule has 0 fully saturated rings. The monoisotopic (exact) mass is 318 g/mol. The van der Waals surface area contributed by atoms with E-state index in [-0.39, 0.29) is 32.2 Å². The van der Waals surface area contributed by atoms with E-state index in [0.717, 1.165) is 17.4 Å². The predicted molar refractivity (Wildman–Crippen MR) is 72.5 cm³/mol. The van der Waals surface area contributed by atoms with Gasteiger partial charge in [-0.15, -0.1) is 0 Å². The summed E-state index contributed by atoms with van der Waals surface area (Å²) in [6, 6.07) is 1.76. The fourth-order valence-electron chi connectivity index (χ4n) is 1.80. The molecule has 0 bridgehead atoms. The van der Waals surface area contributed by atoms with Gasteiger partial charge in [-0.25, -0.2) is 0 Å². The average Bonchev–Trinajstić information content (AvgIpc) is 2.70. The van der Waals surface area contributed by atoms with Gasteiger partial charge in [0.2, 0.25) is 0 Å². The van der Waals surface area contributed by atoms with Crippen LogP contribution in [0.4, 0.5) is 0 Å². The third-order valence-electron chi connectivity index (χ3n) is 2.57. The molecule has 0 radical (unpaired) electrons. The molecule has 0 aliphatic rings. The van der Waals surface area contributed by atoms with Crippen LogP contribution in [-0.4, -0.2) is 51.9 Å². The van der Waals surface area contributed by atoms with Crippen LogP contribution in [0.1, 0.15) is 23.8 Å². The van der Waals surface area contributed by atoms with Crippen LogP contribution in [0, 0.1) is 0 Å². The maximum absolute atomic E-state index is 12.3. The van der Waals surface area contributed by atoms with Gasteiger partial charge in [0.25, 0.3) is 5.91 Å². The molecule has 0 unspecified atom stereocenters. The molecule has 5 nitrogen and oxygen atoms in total. The topological polar surface area (TPSA) is 65.7 Å². The third-order valence-corrected chi connectivity index (χ3v) is 3.01. The first-order chi connectivity index (χ1) is 8.63. The molecule has 6 heteroatoms. The van der Waals surface area contributed by atoms with Gasteiger partial charge < -0.3 is 19.7 Å². The van der Waals surface area contributed by atoms with E-state index in [1.165, 1.54) is 4.90 Å². The highest BCUT2D eigenvalue weighted by molar-refractivity contribution is 9.10. The Balaban J connectivity index is 2.92. The van der Waals surface area contributed by atoms with Gasteiger partial charge in [0.05, 0.1) is 13.2 Å². The average molecular weight is 319 g/mol. The quantitative estimate of drug-likeness (QED) is 0.791. The molecule has 1 amide bonds. The zero-order valence-electron chi connectivity index (χ0n) is 10.5. The molecule has 18 heavy (non-hydrogen) atoms. The molecular formula is C12H19BrN2O3. The molecule has 0 aliphatic heterocycles. The minimum Gasteiger partial charge on any atom is -0.395 e. The zero-order valence-corrected chi connectivity index (χ0v) is 12.1. The van der Waals surface area contributed by atoms with Crippen LogP contribution >= 0.6 is 15.9 Å². The molecule has 0 aromatic carbocycles. The van der Waals surface area contributed by atoms with Crippen LogP contribution in [0.15, 0.2) is 16.7 Å². The van der Waals surface area contributed by atoms with E-state index < -0.39 is 0 Å². The highest BCUT2D eigenvalue weighted by atomic mass is 79.9. The Hall–Kier alpha value is -0.850. The number of hydrogen-bond acceptors (Lipinski definition) is 3. The fourth-order valence-corrected chi connectivity index (χ4v) is 2.26. The van der Waals surface area contributed by atoms with E-state index in [1.807, 2.05) is 17.7 Å². The fraction of sp³-hybridized carbons (Fsp3) is 0.583. The van der Waals surface area contributed by atoms with Gasteiger partial charge in [-0.3, -0.25) is 4.79 Å². The smallest absolute Gasteiger partial charge is 0.270 e. The van der Waals surface area contributed by atoms with Crippen molar-refractivity contribution in [1.82, 2.24) is 9.47 Å². The molecule has 0 saturated carbocycles. The van der Waals surface area contributed by atoms with Crippen LogP contribution in [-0.2, 0) is 6.54 Å². The van der Waals surface area contributed by atoms with Crippen molar-refractivity contribution in [2.75, 3.05) is 26.3 Å². The van der Waals surface area contributed by atoms with Gasteiger partial charge in [-0.1, -0.05) is 6.92 Å². The number of carbonyl (C=O) groups excluding carboxylic acids is 1. The number of aryl methyl sites for hydroxylation is 1. The molecular weight excluding hydrogens is 300 g/mol. The highest BCUT2D eigenvalue weighted by Gasteiger charge is 2.19. The second-order valence-corrected chi connectivity index (χ2v) is 4.89. The number of nitrogens with zero attached hydrogens (tertiary/aromatic N) is 2. The SMILES string of the molecule is CCCn1cc(Br)cc1C(=O)N(CCO)CCO. The van der Waals surface area contributed by atoms with Gasteiger partial charge in [0, 0.05) is 30.3 Å². The van der Waals surface area contributed by atoms with Crippen molar-refractivity contribution in [3.05, 3.63) is 22.4 Å². The van der Waals surface area contributed by atoms with E-state index >= 15 is 0 Å². The number of aliphatic hydroxyl groups excluding tert-OH is 2. The Morgan fingerprint density at radius 3 is 2.50 bits per heavy atom. The molecule has 1 rings (SSSR count). The van der Waals surface area contributed by atoms with Gasteiger partial charge in [0.15, 0.2) is 0 Å². The summed E-state index contributed by atoms with van der Waals surface area (Å²) in [5.74, 6) is -0.169. The second-order valence-electron chi connectivity index (χ2n) is 3.98. The summed E-state index contributed by atoms with van der Waals surface area (Å²) in [4.78, 5) is 13.7. The Bertz CT molecular complexity index is 387. The van der Waals surface area contributed by atoms with E-state index in [9.17, 15) is 4.79 Å². The van der Waals surface area contributed by atoms with Crippen LogP contribution < -0.4 is 0 Å². The number of aromatic nitrogens is 1. The lowest BCUT2D eigenvalue weighted by atomic mass is 10.3. The Labute approximate surface area is 115 Å². The number of amides is 1. The molecule has 1 aromatic rings. The van der Waals surface area contributed by atoms with E-state index in [2.05, 4.69) is 15.9 Å². The first-order valence-electron chi connectivity index (χ1n) is 6.00. The highest BCUT2D eigenvalue weighted by Crippen LogP contribution is 2.17. The van der Waals surface area contributed by atoms with Crippen LogP contribution in [0.3, 0.4) is 0 Å². The predicted octanol–water partition coefficient (Wildman–Crippen LogP) is 1.09. The molecule has 2 N–H and O–H groups in total. The maximum Gasteiger partial charge on any atom is 0.270 e. The van der Waals surface area contributed by atoms with Crippen molar-refractivity contribution in [3.8, 4) is 0 Å². The van der Waals surface area contributed by atoms with Crippen molar-refractivity contribution in [2.45, 2.75) is 19.9 Å². The number of aliphatic hydroxyl groups is 2. The normalized spacial score (nSPS) is 10.7. The summed E-state index contributed by atoms with van der Waals surface area (Å²) >= 11 is 3.36. The third kappa shape index (κ3) is 3.83. The van der Waals surface area contributed by atoms with Crippen molar-refractivity contribution >= 4 is 21.8 Å². The Morgan fingerprint density at radius 2 is 2.00 bits per heavy atom. The van der Waals surface area contributed by atoms with Gasteiger partial charge in [-0.2, -0.15) is 0 Å². The van der Waals surface area contributed by atoms with Crippen LogP contribution in [0.5, 0.6) is 0 Å². The lowest BCUT2D eigenvalue weighted by Gasteiger charge is -2.21. The summed E-state index contributed by atoms with van der Waals surface area (Å²) in [7, 11) is 0. The molecule has 0 spiro atoms. The molecule has 0 saturated heterocycles. The number of hydrogen-bond donors (Lipinski definition) is 2. The van der Waals surface area contributed by atoms with E-state index in [0.29, 0.717) is 5.69 Å². The van der Waals surface area contributed by atoms with Gasteiger partial charge in [0.1, 0.15) is 5.69 Å². The van der Waals surface area contributed by atoms with Gasteiger partial charge >= 0.3 is 0 Å². The van der Waals surface area contributed by atoms with E-state index in [4.69, 9.17) is 10.2 Å². The standard InChI is InChI=1S/C12H19BrN2O3/c1-2-3-15-9-10(13)8-11(15)12(18)14(4-6-16)5-7-17/h8-9,16-17H,2-7H2,1H3. The number of halogens is 1. The Morgan fingerprint density at radius 1 is 1.39 bits per heavy atom. The zero-order chi connectivity index (χ0) is 13.5. The van der Waals surface area contributed by atoms with Crippen molar-refractivity contribution < 1.29 is 15.0 Å². The second kappa shape index (κ2) is 7.56. The first-order valence-corrected chi connectivity index (χ1v) is 6.80.